The average molecular weight is 463 g/mol. The Kier molecular flexibility index (Phi) is 5.00. The first-order valence-corrected chi connectivity index (χ1v) is 11.5. The van der Waals surface area contributed by atoms with E-state index in [9.17, 15) is 4.79 Å². The molecule has 10 heteroatoms. The zero-order valence-electron chi connectivity index (χ0n) is 19.1. The van der Waals surface area contributed by atoms with E-state index in [4.69, 9.17) is 19.3 Å². The molecule has 3 aromatic heterocycles. The van der Waals surface area contributed by atoms with Gasteiger partial charge >= 0.3 is 0 Å². The van der Waals surface area contributed by atoms with Crippen LogP contribution >= 0.6 is 0 Å². The summed E-state index contributed by atoms with van der Waals surface area (Å²) in [5, 5.41) is 12.8. The van der Waals surface area contributed by atoms with Gasteiger partial charge in [0, 0.05) is 42.9 Å². The van der Waals surface area contributed by atoms with E-state index in [2.05, 4.69) is 22.3 Å². The van der Waals surface area contributed by atoms with Crippen LogP contribution in [-0.2, 0) is 9.47 Å². The van der Waals surface area contributed by atoms with Gasteiger partial charge < -0.3 is 19.5 Å². The largest absolute Gasteiger partial charge is 0.496 e. The number of benzene rings is 1. The third kappa shape index (κ3) is 3.50. The maximum absolute atomic E-state index is 13.2. The summed E-state index contributed by atoms with van der Waals surface area (Å²) >= 11 is 0. The lowest BCUT2D eigenvalue weighted by molar-refractivity contribution is -0.192. The topological polar surface area (TPSA) is 105 Å². The third-order valence-electron chi connectivity index (χ3n) is 6.88. The monoisotopic (exact) mass is 462 g/mol. The Hall–Kier alpha value is -3.50. The Morgan fingerprint density at radius 1 is 1.29 bits per heavy atom. The summed E-state index contributed by atoms with van der Waals surface area (Å²) in [5.74, 6) is 0.0804. The molecule has 0 bridgehead atoms. The van der Waals surface area contributed by atoms with Crippen LogP contribution in [0.2, 0.25) is 0 Å². The van der Waals surface area contributed by atoms with E-state index in [1.54, 1.807) is 36.3 Å². The molecule has 1 N–H and O–H groups in total. The zero-order valence-corrected chi connectivity index (χ0v) is 19.1. The summed E-state index contributed by atoms with van der Waals surface area (Å²) in [7, 11) is 1.55. The molecule has 34 heavy (non-hydrogen) atoms. The average Bonchev–Trinajstić information content (AvgIpc) is 3.57. The molecular weight excluding hydrogens is 436 g/mol. The molecule has 4 aromatic rings. The fourth-order valence-electron chi connectivity index (χ4n) is 5.23. The van der Waals surface area contributed by atoms with Crippen molar-refractivity contribution in [3.63, 3.8) is 0 Å². The summed E-state index contributed by atoms with van der Waals surface area (Å²) in [4.78, 5) is 17.5. The summed E-state index contributed by atoms with van der Waals surface area (Å²) in [5.41, 5.74) is 2.31. The first kappa shape index (κ1) is 21.1. The van der Waals surface area contributed by atoms with E-state index in [1.807, 2.05) is 23.0 Å². The zero-order chi connectivity index (χ0) is 23.3. The normalized spacial score (nSPS) is 21.9. The van der Waals surface area contributed by atoms with Crippen molar-refractivity contribution in [2.45, 2.75) is 38.0 Å². The minimum Gasteiger partial charge on any atom is -0.496 e. The van der Waals surface area contributed by atoms with E-state index in [-0.39, 0.29) is 11.9 Å². The number of aromatic nitrogens is 5. The highest BCUT2D eigenvalue weighted by molar-refractivity contribution is 6.09. The number of rotatable bonds is 4. The van der Waals surface area contributed by atoms with Crippen molar-refractivity contribution in [2.24, 2.45) is 5.92 Å². The van der Waals surface area contributed by atoms with Crippen molar-refractivity contribution in [3.8, 4) is 5.75 Å². The Bertz CT molecular complexity index is 1370. The molecule has 1 spiro atoms. The number of nitrogens with one attached hydrogen (secondary N) is 1. The quantitative estimate of drug-likeness (QED) is 0.495. The summed E-state index contributed by atoms with van der Waals surface area (Å²) in [6.07, 6.45) is 9.64. The Morgan fingerprint density at radius 3 is 2.94 bits per heavy atom. The van der Waals surface area contributed by atoms with Gasteiger partial charge in [-0.25, -0.2) is 9.50 Å². The van der Waals surface area contributed by atoms with Gasteiger partial charge in [0.1, 0.15) is 11.4 Å². The number of fused-ring (bicyclic) bond motifs is 2. The molecule has 1 saturated carbocycles. The van der Waals surface area contributed by atoms with Crippen LogP contribution in [0.1, 0.15) is 42.6 Å². The Morgan fingerprint density at radius 2 is 2.15 bits per heavy atom. The van der Waals surface area contributed by atoms with Gasteiger partial charge in [-0.2, -0.15) is 10.2 Å². The standard InChI is InChI=1S/C24H26N6O4/c1-15-12-24(33-8-9-34-24)5-4-20(15)30-14-16-10-17(21(32-2)11-18(16)28-30)23(31)27-19-13-26-29-7-3-6-25-22(19)29/h3,6-7,10-11,13-15,20H,4-5,8-9,12H2,1-2H3,(H,27,31)/t15-,20-/m0/s1. The van der Waals surface area contributed by atoms with Gasteiger partial charge in [-0.05, 0) is 24.5 Å². The number of ether oxygens (including phenoxy) is 3. The summed E-state index contributed by atoms with van der Waals surface area (Å²) in [6.45, 7) is 3.55. The van der Waals surface area contributed by atoms with Gasteiger partial charge in [-0.15, -0.1) is 0 Å². The van der Waals surface area contributed by atoms with Crippen LogP contribution in [0.3, 0.4) is 0 Å². The molecule has 6 rings (SSSR count). The molecule has 176 valence electrons. The molecule has 0 unspecified atom stereocenters. The highest BCUT2D eigenvalue weighted by atomic mass is 16.7. The first-order valence-electron chi connectivity index (χ1n) is 11.5. The SMILES string of the molecule is COc1cc2nn([C@H]3CCC4(C[C@@H]3C)OCCO4)cc2cc1C(=O)Nc1cnn2cccnc12. The lowest BCUT2D eigenvalue weighted by atomic mass is 9.82. The molecule has 1 aliphatic carbocycles. The lowest BCUT2D eigenvalue weighted by Gasteiger charge is -2.39. The molecule has 1 aromatic carbocycles. The molecule has 0 radical (unpaired) electrons. The van der Waals surface area contributed by atoms with Crippen molar-refractivity contribution < 1.29 is 19.0 Å². The van der Waals surface area contributed by atoms with Crippen LogP contribution in [0.25, 0.3) is 16.6 Å². The Labute approximate surface area is 195 Å². The number of hydrogen-bond donors (Lipinski definition) is 1. The first-order chi connectivity index (χ1) is 16.5. The second-order valence-corrected chi connectivity index (χ2v) is 9.02. The minimum atomic E-state index is -0.427. The maximum Gasteiger partial charge on any atom is 0.259 e. The number of anilines is 1. The fraction of sp³-hybridized carbons (Fsp3) is 0.417. The molecular formula is C24H26N6O4. The van der Waals surface area contributed by atoms with Gasteiger partial charge in [0.25, 0.3) is 5.91 Å². The maximum atomic E-state index is 13.2. The number of nitrogens with zero attached hydrogens (tertiary/aromatic N) is 5. The van der Waals surface area contributed by atoms with Crippen LogP contribution in [0, 0.1) is 5.92 Å². The van der Waals surface area contributed by atoms with Crippen LogP contribution in [-0.4, -0.2) is 56.4 Å². The molecule has 4 heterocycles. The van der Waals surface area contributed by atoms with E-state index >= 15 is 0 Å². The van der Waals surface area contributed by atoms with Crippen molar-refractivity contribution in [1.29, 1.82) is 0 Å². The predicted octanol–water partition coefficient (Wildman–Crippen LogP) is 3.44. The molecule has 1 amide bonds. The lowest BCUT2D eigenvalue weighted by Crippen LogP contribution is -2.40. The second-order valence-electron chi connectivity index (χ2n) is 9.02. The van der Waals surface area contributed by atoms with E-state index < -0.39 is 5.79 Å². The highest BCUT2D eigenvalue weighted by Gasteiger charge is 2.44. The summed E-state index contributed by atoms with van der Waals surface area (Å²) in [6, 6.07) is 5.65. The van der Waals surface area contributed by atoms with E-state index in [0.29, 0.717) is 41.8 Å². The van der Waals surface area contributed by atoms with Crippen LogP contribution in [0.5, 0.6) is 5.75 Å². The van der Waals surface area contributed by atoms with Gasteiger partial charge in [-0.3, -0.25) is 9.48 Å². The van der Waals surface area contributed by atoms with Gasteiger partial charge in [-0.1, -0.05) is 6.92 Å². The van der Waals surface area contributed by atoms with Gasteiger partial charge in [0.05, 0.1) is 43.6 Å². The second kappa shape index (κ2) is 8.07. The van der Waals surface area contributed by atoms with Crippen LogP contribution in [0.15, 0.2) is 43.0 Å². The number of carbonyl (C=O) groups excluding carboxylic acids is 1. The smallest absolute Gasteiger partial charge is 0.259 e. The molecule has 2 fully saturated rings. The number of amides is 1. The van der Waals surface area contributed by atoms with Crippen molar-refractivity contribution in [1.82, 2.24) is 24.4 Å². The van der Waals surface area contributed by atoms with Crippen molar-refractivity contribution in [3.05, 3.63) is 48.5 Å². The van der Waals surface area contributed by atoms with E-state index in [1.165, 1.54) is 0 Å². The minimum absolute atomic E-state index is 0.235. The van der Waals surface area contributed by atoms with Crippen molar-refractivity contribution in [2.75, 3.05) is 25.6 Å². The van der Waals surface area contributed by atoms with Crippen molar-refractivity contribution >= 4 is 28.1 Å². The Balaban J connectivity index is 1.28. The van der Waals surface area contributed by atoms with Crippen LogP contribution < -0.4 is 10.1 Å². The number of carbonyl (C=O) groups is 1. The molecule has 1 aliphatic heterocycles. The number of methoxy groups -OCH3 is 1. The third-order valence-corrected chi connectivity index (χ3v) is 6.88. The summed E-state index contributed by atoms with van der Waals surface area (Å²) < 4.78 is 21.0. The fourth-order valence-corrected chi connectivity index (χ4v) is 5.23. The van der Waals surface area contributed by atoms with E-state index in [0.717, 1.165) is 30.2 Å². The predicted molar refractivity (Wildman–Crippen MR) is 124 cm³/mol. The molecule has 2 aliphatic rings. The van der Waals surface area contributed by atoms with Gasteiger partial charge in [0.15, 0.2) is 11.4 Å². The van der Waals surface area contributed by atoms with Crippen LogP contribution in [0.4, 0.5) is 5.69 Å². The molecule has 10 nitrogen and oxygen atoms in total. The van der Waals surface area contributed by atoms with Gasteiger partial charge in [0.2, 0.25) is 0 Å². The molecule has 1 saturated heterocycles. The number of hydrogen-bond acceptors (Lipinski definition) is 7. The molecule has 2 atom stereocenters. The highest BCUT2D eigenvalue weighted by Crippen LogP contribution is 2.43.